The number of rotatable bonds is 3. The summed E-state index contributed by atoms with van der Waals surface area (Å²) in [7, 11) is 5.72. The van der Waals surface area contributed by atoms with Gasteiger partial charge in [-0.2, -0.15) is 0 Å². The topological polar surface area (TPSA) is 12.5 Å². The van der Waals surface area contributed by atoms with E-state index < -0.39 is 0 Å². The molecule has 1 heterocycles. The first-order chi connectivity index (χ1) is 5.65. The molecule has 0 aliphatic heterocycles. The molecule has 1 rings (SSSR count). The first-order valence-electron chi connectivity index (χ1n) is 3.58. The molecular formula is C8H12BrNOS. The van der Waals surface area contributed by atoms with Gasteiger partial charge in [-0.3, -0.25) is 4.90 Å². The quantitative estimate of drug-likeness (QED) is 0.765. The second kappa shape index (κ2) is 4.37. The fourth-order valence-corrected chi connectivity index (χ4v) is 2.65. The smallest absolute Gasteiger partial charge is 0.145 e. The second-order valence-electron chi connectivity index (χ2n) is 2.72. The lowest BCUT2D eigenvalue weighted by Crippen LogP contribution is -2.20. The van der Waals surface area contributed by atoms with Crippen LogP contribution in [0.4, 0.5) is 0 Å². The number of nitrogens with zero attached hydrogens (tertiary/aromatic N) is 1. The molecule has 0 bridgehead atoms. The van der Waals surface area contributed by atoms with Gasteiger partial charge in [-0.05, 0) is 36.1 Å². The molecule has 68 valence electrons. The van der Waals surface area contributed by atoms with E-state index >= 15 is 0 Å². The van der Waals surface area contributed by atoms with Crippen LogP contribution in [0.15, 0.2) is 15.9 Å². The van der Waals surface area contributed by atoms with Crippen molar-refractivity contribution in [2.75, 3.05) is 21.2 Å². The average molecular weight is 250 g/mol. The van der Waals surface area contributed by atoms with Crippen molar-refractivity contribution in [1.82, 2.24) is 4.90 Å². The normalized spacial score (nSPS) is 13.8. The Labute approximate surface area is 85.3 Å². The highest BCUT2D eigenvalue weighted by Gasteiger charge is 2.14. The summed E-state index contributed by atoms with van der Waals surface area (Å²) >= 11 is 5.11. The minimum absolute atomic E-state index is 0.0706. The molecule has 12 heavy (non-hydrogen) atoms. The highest BCUT2D eigenvalue weighted by atomic mass is 79.9. The molecule has 0 aliphatic rings. The fraction of sp³-hybridized carbons (Fsp3) is 0.500. The molecule has 0 radical (unpaired) electrons. The van der Waals surface area contributed by atoms with Crippen molar-refractivity contribution < 1.29 is 4.74 Å². The van der Waals surface area contributed by atoms with Crippen molar-refractivity contribution in [2.45, 2.75) is 6.23 Å². The molecule has 0 fully saturated rings. The molecular weight excluding hydrogens is 238 g/mol. The zero-order valence-electron chi connectivity index (χ0n) is 7.37. The molecule has 0 spiro atoms. The summed E-state index contributed by atoms with van der Waals surface area (Å²) < 4.78 is 6.44. The van der Waals surface area contributed by atoms with Gasteiger partial charge in [-0.15, -0.1) is 11.3 Å². The highest BCUT2D eigenvalue weighted by molar-refractivity contribution is 9.10. The SMILES string of the molecule is COC(c1cc(Br)cs1)N(C)C. The first kappa shape index (κ1) is 10.2. The van der Waals surface area contributed by atoms with E-state index in [2.05, 4.69) is 27.4 Å². The molecule has 1 aromatic rings. The highest BCUT2D eigenvalue weighted by Crippen LogP contribution is 2.28. The van der Waals surface area contributed by atoms with Gasteiger partial charge in [0.2, 0.25) is 0 Å². The van der Waals surface area contributed by atoms with Gasteiger partial charge in [0.05, 0.1) is 0 Å². The van der Waals surface area contributed by atoms with Crippen LogP contribution in [-0.2, 0) is 4.74 Å². The molecule has 2 nitrogen and oxygen atoms in total. The lowest BCUT2D eigenvalue weighted by molar-refractivity contribution is -0.00271. The standard InChI is InChI=1S/C8H12BrNOS/c1-10(2)8(11-3)7-4-6(9)5-12-7/h4-5,8H,1-3H3. The summed E-state index contributed by atoms with van der Waals surface area (Å²) in [6.45, 7) is 0. The van der Waals surface area contributed by atoms with Crippen LogP contribution < -0.4 is 0 Å². The Hall–Kier alpha value is 0.1000. The van der Waals surface area contributed by atoms with Gasteiger partial charge < -0.3 is 4.74 Å². The van der Waals surface area contributed by atoms with Gasteiger partial charge in [0.15, 0.2) is 0 Å². The molecule has 1 unspecified atom stereocenters. The Morgan fingerprint density at radius 3 is 2.58 bits per heavy atom. The van der Waals surface area contributed by atoms with Crippen molar-refractivity contribution in [2.24, 2.45) is 0 Å². The second-order valence-corrected chi connectivity index (χ2v) is 4.58. The number of halogens is 1. The number of thiophene rings is 1. The zero-order valence-corrected chi connectivity index (χ0v) is 9.78. The molecule has 0 aromatic carbocycles. The van der Waals surface area contributed by atoms with Crippen LogP contribution in [0.2, 0.25) is 0 Å². The van der Waals surface area contributed by atoms with E-state index in [1.165, 1.54) is 4.88 Å². The maximum atomic E-state index is 5.33. The van der Waals surface area contributed by atoms with E-state index in [0.717, 1.165) is 4.47 Å². The molecule has 0 aliphatic carbocycles. The van der Waals surface area contributed by atoms with E-state index in [1.807, 2.05) is 19.0 Å². The summed E-state index contributed by atoms with van der Waals surface area (Å²) in [6.07, 6.45) is 0.0706. The van der Waals surface area contributed by atoms with E-state index in [0.29, 0.717) is 0 Å². The largest absolute Gasteiger partial charge is 0.361 e. The molecule has 0 N–H and O–H groups in total. The van der Waals surface area contributed by atoms with E-state index in [4.69, 9.17) is 4.74 Å². The van der Waals surface area contributed by atoms with Crippen LogP contribution >= 0.6 is 27.3 Å². The van der Waals surface area contributed by atoms with Crippen molar-refractivity contribution in [3.63, 3.8) is 0 Å². The Balaban J connectivity index is 2.80. The molecule has 0 amide bonds. The molecule has 0 saturated heterocycles. The molecule has 4 heteroatoms. The molecule has 1 atom stereocenters. The summed E-state index contributed by atoms with van der Waals surface area (Å²) in [4.78, 5) is 3.26. The maximum Gasteiger partial charge on any atom is 0.145 e. The van der Waals surface area contributed by atoms with Crippen molar-refractivity contribution >= 4 is 27.3 Å². The van der Waals surface area contributed by atoms with Crippen LogP contribution in [0.3, 0.4) is 0 Å². The van der Waals surface area contributed by atoms with E-state index in [1.54, 1.807) is 18.4 Å². The lowest BCUT2D eigenvalue weighted by atomic mass is 10.4. The number of methoxy groups -OCH3 is 1. The average Bonchev–Trinajstić information content (AvgIpc) is 2.37. The third kappa shape index (κ3) is 2.29. The Morgan fingerprint density at radius 2 is 2.25 bits per heavy atom. The monoisotopic (exact) mass is 249 g/mol. The maximum absolute atomic E-state index is 5.33. The van der Waals surface area contributed by atoms with E-state index in [9.17, 15) is 0 Å². The Bertz CT molecular complexity index is 249. The Morgan fingerprint density at radius 1 is 1.58 bits per heavy atom. The predicted octanol–water partition coefficient (Wildman–Crippen LogP) is 2.72. The lowest BCUT2D eigenvalue weighted by Gasteiger charge is -2.20. The van der Waals surface area contributed by atoms with E-state index in [-0.39, 0.29) is 6.23 Å². The first-order valence-corrected chi connectivity index (χ1v) is 5.25. The van der Waals surface area contributed by atoms with Gasteiger partial charge in [-0.25, -0.2) is 0 Å². The third-order valence-corrected chi connectivity index (χ3v) is 3.25. The summed E-state index contributed by atoms with van der Waals surface area (Å²) in [6, 6.07) is 2.08. The third-order valence-electron chi connectivity index (χ3n) is 1.52. The van der Waals surface area contributed by atoms with Gasteiger partial charge in [0, 0.05) is 21.8 Å². The number of hydrogen-bond acceptors (Lipinski definition) is 3. The molecule has 1 aromatic heterocycles. The van der Waals surface area contributed by atoms with Crippen LogP contribution in [0.5, 0.6) is 0 Å². The minimum atomic E-state index is 0.0706. The molecule has 0 saturated carbocycles. The minimum Gasteiger partial charge on any atom is -0.361 e. The zero-order chi connectivity index (χ0) is 9.14. The summed E-state index contributed by atoms with van der Waals surface area (Å²) in [5.74, 6) is 0. The fourth-order valence-electron chi connectivity index (χ4n) is 1.04. The van der Waals surface area contributed by atoms with Crippen LogP contribution in [0.25, 0.3) is 0 Å². The number of hydrogen-bond donors (Lipinski definition) is 0. The van der Waals surface area contributed by atoms with Crippen LogP contribution in [0, 0.1) is 0 Å². The van der Waals surface area contributed by atoms with Gasteiger partial charge in [-0.1, -0.05) is 0 Å². The van der Waals surface area contributed by atoms with Crippen LogP contribution in [0.1, 0.15) is 11.1 Å². The van der Waals surface area contributed by atoms with Gasteiger partial charge in [0.1, 0.15) is 6.23 Å². The van der Waals surface area contributed by atoms with Crippen LogP contribution in [-0.4, -0.2) is 26.1 Å². The van der Waals surface area contributed by atoms with Crippen molar-refractivity contribution in [3.05, 3.63) is 20.8 Å². The predicted molar refractivity (Wildman–Crippen MR) is 55.5 cm³/mol. The number of ether oxygens (including phenoxy) is 1. The summed E-state index contributed by atoms with van der Waals surface area (Å²) in [5, 5.41) is 2.06. The van der Waals surface area contributed by atoms with Gasteiger partial charge >= 0.3 is 0 Å². The summed E-state index contributed by atoms with van der Waals surface area (Å²) in [5.41, 5.74) is 0. The van der Waals surface area contributed by atoms with Gasteiger partial charge in [0.25, 0.3) is 0 Å². The Kier molecular flexibility index (Phi) is 3.71. The van der Waals surface area contributed by atoms with Crippen molar-refractivity contribution in [1.29, 1.82) is 0 Å². The van der Waals surface area contributed by atoms with Crippen molar-refractivity contribution in [3.8, 4) is 0 Å².